The number of aryl methyl sites for hydroxylation is 1. The van der Waals surface area contributed by atoms with Crippen molar-refractivity contribution in [2.75, 3.05) is 7.05 Å². The Balaban J connectivity index is 1.96. The average molecular weight is 314 g/mol. The third-order valence-corrected chi connectivity index (χ3v) is 3.88. The van der Waals surface area contributed by atoms with Crippen LogP contribution in [-0.4, -0.2) is 23.2 Å². The molecule has 1 aromatic heterocycles. The lowest BCUT2D eigenvalue weighted by Gasteiger charge is -2.06. The van der Waals surface area contributed by atoms with Gasteiger partial charge in [0.25, 0.3) is 0 Å². The second-order valence-corrected chi connectivity index (χ2v) is 5.57. The Bertz CT molecular complexity index is 571. The van der Waals surface area contributed by atoms with Crippen molar-refractivity contribution in [2.45, 2.75) is 32.2 Å². The van der Waals surface area contributed by atoms with Crippen LogP contribution < -0.4 is 5.32 Å². The minimum atomic E-state index is 0.431. The quantitative estimate of drug-likeness (QED) is 0.886. The first kappa shape index (κ1) is 15.3. The number of nitrogens with zero attached hydrogens (tertiary/aromatic N) is 2. The first-order valence-corrected chi connectivity index (χ1v) is 7.26. The highest BCUT2D eigenvalue weighted by atomic mass is 35.5. The predicted octanol–water partition coefficient (Wildman–Crippen LogP) is 3.51. The van der Waals surface area contributed by atoms with Crippen LogP contribution >= 0.6 is 23.2 Å². The number of hydrogen-bond donors (Lipinski definition) is 1. The molecule has 0 aliphatic heterocycles. The summed E-state index contributed by atoms with van der Waals surface area (Å²) in [4.78, 5) is 4.38. The fourth-order valence-electron chi connectivity index (χ4n) is 1.78. The zero-order valence-corrected chi connectivity index (χ0v) is 13.0. The highest BCUT2D eigenvalue weighted by Crippen LogP contribution is 2.23. The van der Waals surface area contributed by atoms with Crippen molar-refractivity contribution in [2.24, 2.45) is 0 Å². The topological polar surface area (TPSA) is 51.0 Å². The summed E-state index contributed by atoms with van der Waals surface area (Å²) in [7, 11) is 1.94. The second-order valence-electron chi connectivity index (χ2n) is 4.76. The molecule has 6 heteroatoms. The van der Waals surface area contributed by atoms with Crippen molar-refractivity contribution in [1.82, 2.24) is 15.5 Å². The van der Waals surface area contributed by atoms with Gasteiger partial charge in [-0.15, -0.1) is 0 Å². The number of aromatic nitrogens is 2. The molecule has 4 nitrogen and oxygen atoms in total. The first-order chi connectivity index (χ1) is 9.58. The first-order valence-electron chi connectivity index (χ1n) is 6.51. The molecule has 1 N–H and O–H groups in total. The van der Waals surface area contributed by atoms with E-state index in [-0.39, 0.29) is 0 Å². The van der Waals surface area contributed by atoms with E-state index in [2.05, 4.69) is 22.4 Å². The van der Waals surface area contributed by atoms with Gasteiger partial charge in [0, 0.05) is 18.9 Å². The van der Waals surface area contributed by atoms with E-state index in [1.54, 1.807) is 6.07 Å². The minimum Gasteiger partial charge on any atom is -0.339 e. The molecule has 1 atom stereocenters. The zero-order chi connectivity index (χ0) is 14.5. The number of nitrogens with one attached hydrogen (secondary N) is 1. The van der Waals surface area contributed by atoms with Gasteiger partial charge in [-0.05, 0) is 38.1 Å². The monoisotopic (exact) mass is 313 g/mol. The van der Waals surface area contributed by atoms with Crippen LogP contribution in [0.4, 0.5) is 0 Å². The van der Waals surface area contributed by atoms with Crippen molar-refractivity contribution >= 4 is 23.2 Å². The molecule has 0 aliphatic rings. The van der Waals surface area contributed by atoms with Gasteiger partial charge in [0.1, 0.15) is 0 Å². The van der Waals surface area contributed by atoms with E-state index in [4.69, 9.17) is 27.7 Å². The molecule has 1 aromatic carbocycles. The predicted molar refractivity (Wildman–Crippen MR) is 80.4 cm³/mol. The van der Waals surface area contributed by atoms with Crippen molar-refractivity contribution < 1.29 is 4.52 Å². The van der Waals surface area contributed by atoms with Gasteiger partial charge < -0.3 is 9.84 Å². The smallest absolute Gasteiger partial charge is 0.226 e. The van der Waals surface area contributed by atoms with Crippen molar-refractivity contribution in [1.29, 1.82) is 0 Å². The number of benzene rings is 1. The zero-order valence-electron chi connectivity index (χ0n) is 11.5. The normalized spacial score (nSPS) is 12.6. The van der Waals surface area contributed by atoms with Crippen LogP contribution in [0.25, 0.3) is 0 Å². The lowest BCUT2D eigenvalue weighted by Crippen LogP contribution is -2.21. The molecule has 0 saturated carbocycles. The Morgan fingerprint density at radius 2 is 2.10 bits per heavy atom. The fourth-order valence-corrected chi connectivity index (χ4v) is 2.10. The molecule has 0 radical (unpaired) electrons. The largest absolute Gasteiger partial charge is 0.339 e. The van der Waals surface area contributed by atoms with E-state index in [1.807, 2.05) is 19.2 Å². The van der Waals surface area contributed by atoms with E-state index in [9.17, 15) is 0 Å². The number of hydrogen-bond acceptors (Lipinski definition) is 4. The SMILES string of the molecule is CNC(C)CCc1nc(Cc2ccc(Cl)c(Cl)c2)no1. The maximum atomic E-state index is 5.98. The Labute approximate surface area is 128 Å². The lowest BCUT2D eigenvalue weighted by atomic mass is 10.1. The summed E-state index contributed by atoms with van der Waals surface area (Å²) in [6.45, 7) is 2.12. The maximum absolute atomic E-state index is 5.98. The van der Waals surface area contributed by atoms with Gasteiger partial charge in [0.2, 0.25) is 5.89 Å². The number of rotatable bonds is 6. The molecule has 0 amide bonds. The summed E-state index contributed by atoms with van der Waals surface area (Å²) in [5.41, 5.74) is 1.01. The second kappa shape index (κ2) is 7.07. The molecule has 0 fully saturated rings. The standard InChI is InChI=1S/C14H17Cl2N3O/c1-9(17-2)3-6-14-18-13(19-20-14)8-10-4-5-11(15)12(16)7-10/h4-5,7,9,17H,3,6,8H2,1-2H3. The molecule has 2 rings (SSSR count). The summed E-state index contributed by atoms with van der Waals surface area (Å²) >= 11 is 11.9. The number of halogens is 2. The Morgan fingerprint density at radius 1 is 1.30 bits per heavy atom. The van der Waals surface area contributed by atoms with Gasteiger partial charge in [0.05, 0.1) is 10.0 Å². The minimum absolute atomic E-state index is 0.431. The molecule has 1 unspecified atom stereocenters. The van der Waals surface area contributed by atoms with Gasteiger partial charge in [-0.3, -0.25) is 0 Å². The van der Waals surface area contributed by atoms with Crippen molar-refractivity contribution in [3.8, 4) is 0 Å². The molecule has 0 bridgehead atoms. The van der Waals surface area contributed by atoms with Gasteiger partial charge in [-0.2, -0.15) is 4.98 Å². The average Bonchev–Trinajstić information content (AvgIpc) is 2.88. The van der Waals surface area contributed by atoms with E-state index in [1.165, 1.54) is 0 Å². The Kier molecular flexibility index (Phi) is 5.40. The maximum Gasteiger partial charge on any atom is 0.226 e. The van der Waals surface area contributed by atoms with Gasteiger partial charge >= 0.3 is 0 Å². The highest BCUT2D eigenvalue weighted by Gasteiger charge is 2.09. The summed E-state index contributed by atoms with van der Waals surface area (Å²) in [5.74, 6) is 1.33. The summed E-state index contributed by atoms with van der Waals surface area (Å²) in [6.07, 6.45) is 2.32. The summed E-state index contributed by atoms with van der Waals surface area (Å²) in [6, 6.07) is 5.94. The molecule has 2 aromatic rings. The Hall–Kier alpha value is -1.10. The van der Waals surface area contributed by atoms with Crippen molar-refractivity contribution in [3.63, 3.8) is 0 Å². The molecular weight excluding hydrogens is 297 g/mol. The van der Waals surface area contributed by atoms with E-state index in [0.29, 0.717) is 34.2 Å². The highest BCUT2D eigenvalue weighted by molar-refractivity contribution is 6.42. The van der Waals surface area contributed by atoms with Crippen LogP contribution in [0.2, 0.25) is 10.0 Å². The van der Waals surface area contributed by atoms with Crippen LogP contribution in [0.1, 0.15) is 30.6 Å². The van der Waals surface area contributed by atoms with Crippen LogP contribution in [0, 0.1) is 0 Å². The molecule has 0 spiro atoms. The fraction of sp³-hybridized carbons (Fsp3) is 0.429. The molecule has 0 aliphatic carbocycles. The van der Waals surface area contributed by atoms with E-state index < -0.39 is 0 Å². The van der Waals surface area contributed by atoms with Crippen LogP contribution in [0.15, 0.2) is 22.7 Å². The molecule has 0 saturated heterocycles. The summed E-state index contributed by atoms with van der Waals surface area (Å²) in [5, 5.41) is 8.25. The third-order valence-electron chi connectivity index (χ3n) is 3.14. The van der Waals surface area contributed by atoms with Crippen LogP contribution in [-0.2, 0) is 12.8 Å². The molecule has 20 heavy (non-hydrogen) atoms. The van der Waals surface area contributed by atoms with Crippen LogP contribution in [0.3, 0.4) is 0 Å². The molecule has 108 valence electrons. The summed E-state index contributed by atoms with van der Waals surface area (Å²) < 4.78 is 5.24. The van der Waals surface area contributed by atoms with Crippen LogP contribution in [0.5, 0.6) is 0 Å². The van der Waals surface area contributed by atoms with Gasteiger partial charge in [-0.1, -0.05) is 34.4 Å². The van der Waals surface area contributed by atoms with E-state index in [0.717, 1.165) is 18.4 Å². The van der Waals surface area contributed by atoms with Gasteiger partial charge in [-0.25, -0.2) is 0 Å². The third kappa shape index (κ3) is 4.20. The molecule has 1 heterocycles. The Morgan fingerprint density at radius 3 is 2.80 bits per heavy atom. The van der Waals surface area contributed by atoms with E-state index >= 15 is 0 Å². The lowest BCUT2D eigenvalue weighted by molar-refractivity contribution is 0.365. The molecular formula is C14H17Cl2N3O. The van der Waals surface area contributed by atoms with Crippen molar-refractivity contribution in [3.05, 3.63) is 45.5 Å². The van der Waals surface area contributed by atoms with Gasteiger partial charge in [0.15, 0.2) is 5.82 Å².